The first-order valence-corrected chi connectivity index (χ1v) is 7.86. The van der Waals surface area contributed by atoms with E-state index in [1.807, 2.05) is 0 Å². The summed E-state index contributed by atoms with van der Waals surface area (Å²) in [4.78, 5) is 0.0851. The lowest BCUT2D eigenvalue weighted by Crippen LogP contribution is -2.29. The Kier molecular flexibility index (Phi) is 4.44. The minimum atomic E-state index is -3.57. The Bertz CT molecular complexity index is 508. The lowest BCUT2D eigenvalue weighted by molar-refractivity contribution is 0.186. The van der Waals surface area contributed by atoms with E-state index >= 15 is 0 Å². The summed E-state index contributed by atoms with van der Waals surface area (Å²) >= 11 is 3.08. The Morgan fingerprint density at radius 1 is 1.56 bits per heavy atom. The summed E-state index contributed by atoms with van der Waals surface area (Å²) in [5.41, 5.74) is 5.40. The second-order valence-electron chi connectivity index (χ2n) is 4.14. The van der Waals surface area contributed by atoms with E-state index in [1.165, 1.54) is 6.07 Å². The average molecular weight is 339 g/mol. The Morgan fingerprint density at radius 3 is 2.89 bits per heavy atom. The molecule has 102 valence electrons. The predicted molar refractivity (Wildman–Crippen MR) is 68.4 cm³/mol. The minimum Gasteiger partial charge on any atom is -0.452 e. The van der Waals surface area contributed by atoms with Crippen molar-refractivity contribution in [1.82, 2.24) is 4.72 Å². The van der Waals surface area contributed by atoms with Crippen molar-refractivity contribution in [2.24, 2.45) is 11.7 Å². The molecule has 0 aromatic carbocycles. The number of furan rings is 1. The molecule has 0 spiro atoms. The molecule has 1 aliphatic heterocycles. The standard InChI is InChI=1S/C10H15BrN2O4S/c11-10-9(3-8(4-12)17-10)18(14,15)13-5-7-1-2-16-6-7/h3,7,13H,1-2,4-6,12H2. The monoisotopic (exact) mass is 338 g/mol. The van der Waals surface area contributed by atoms with E-state index in [1.54, 1.807) is 0 Å². The van der Waals surface area contributed by atoms with E-state index in [0.29, 0.717) is 25.5 Å². The summed E-state index contributed by atoms with van der Waals surface area (Å²) in [6, 6.07) is 1.43. The number of hydrogen-bond donors (Lipinski definition) is 2. The Balaban J connectivity index is 2.06. The van der Waals surface area contributed by atoms with Crippen molar-refractivity contribution in [2.75, 3.05) is 19.8 Å². The predicted octanol–water partition coefficient (Wildman–Crippen LogP) is 0.816. The summed E-state index contributed by atoms with van der Waals surface area (Å²) < 4.78 is 37.2. The molecule has 1 aliphatic rings. The molecule has 1 saturated heterocycles. The highest BCUT2D eigenvalue weighted by Gasteiger charge is 2.24. The van der Waals surface area contributed by atoms with Crippen molar-refractivity contribution in [3.63, 3.8) is 0 Å². The molecule has 3 N–H and O–H groups in total. The SMILES string of the molecule is NCc1cc(S(=O)(=O)NCC2CCOC2)c(Br)o1. The van der Waals surface area contributed by atoms with Crippen LogP contribution in [0.25, 0.3) is 0 Å². The van der Waals surface area contributed by atoms with Crippen molar-refractivity contribution in [2.45, 2.75) is 17.9 Å². The van der Waals surface area contributed by atoms with E-state index in [9.17, 15) is 8.42 Å². The van der Waals surface area contributed by atoms with Crippen molar-refractivity contribution in [1.29, 1.82) is 0 Å². The highest BCUT2D eigenvalue weighted by atomic mass is 79.9. The molecular formula is C10H15BrN2O4S. The van der Waals surface area contributed by atoms with Gasteiger partial charge < -0.3 is 14.9 Å². The molecule has 0 amide bonds. The summed E-state index contributed by atoms with van der Waals surface area (Å²) in [6.07, 6.45) is 0.878. The van der Waals surface area contributed by atoms with E-state index in [4.69, 9.17) is 14.9 Å². The van der Waals surface area contributed by atoms with Crippen LogP contribution in [0.5, 0.6) is 0 Å². The van der Waals surface area contributed by atoms with Crippen LogP contribution in [0.1, 0.15) is 12.2 Å². The first-order valence-electron chi connectivity index (χ1n) is 5.58. The largest absolute Gasteiger partial charge is 0.452 e. The van der Waals surface area contributed by atoms with Gasteiger partial charge in [0.15, 0.2) is 4.67 Å². The number of nitrogens with one attached hydrogen (secondary N) is 1. The quantitative estimate of drug-likeness (QED) is 0.828. The van der Waals surface area contributed by atoms with Gasteiger partial charge in [-0.25, -0.2) is 13.1 Å². The lowest BCUT2D eigenvalue weighted by Gasteiger charge is -2.09. The fourth-order valence-corrected chi connectivity index (χ4v) is 3.84. The molecule has 0 radical (unpaired) electrons. The van der Waals surface area contributed by atoms with Crippen molar-refractivity contribution >= 4 is 26.0 Å². The van der Waals surface area contributed by atoms with Gasteiger partial charge in [0.1, 0.15) is 10.7 Å². The van der Waals surface area contributed by atoms with E-state index in [2.05, 4.69) is 20.7 Å². The lowest BCUT2D eigenvalue weighted by atomic mass is 10.1. The van der Waals surface area contributed by atoms with Gasteiger partial charge in [-0.1, -0.05) is 0 Å². The first-order chi connectivity index (χ1) is 8.53. The van der Waals surface area contributed by atoms with Gasteiger partial charge in [-0.2, -0.15) is 0 Å². The van der Waals surface area contributed by atoms with Gasteiger partial charge in [-0.15, -0.1) is 0 Å². The molecule has 0 saturated carbocycles. The van der Waals surface area contributed by atoms with Crippen LogP contribution in [0, 0.1) is 5.92 Å². The van der Waals surface area contributed by atoms with Gasteiger partial charge in [0.05, 0.1) is 13.2 Å². The number of hydrogen-bond acceptors (Lipinski definition) is 5. The van der Waals surface area contributed by atoms with Crippen LogP contribution in [0.15, 0.2) is 20.0 Å². The molecule has 8 heteroatoms. The van der Waals surface area contributed by atoms with E-state index in [-0.39, 0.29) is 22.0 Å². The zero-order chi connectivity index (χ0) is 13.2. The third-order valence-corrected chi connectivity index (χ3v) is 5.06. The smallest absolute Gasteiger partial charge is 0.244 e. The number of ether oxygens (including phenoxy) is 1. The van der Waals surface area contributed by atoms with Gasteiger partial charge in [0.25, 0.3) is 0 Å². The molecule has 1 aromatic rings. The Morgan fingerprint density at radius 2 is 2.33 bits per heavy atom. The first kappa shape index (κ1) is 14.0. The van der Waals surface area contributed by atoms with Crippen LogP contribution in [-0.4, -0.2) is 28.2 Å². The third kappa shape index (κ3) is 3.12. The maximum atomic E-state index is 12.1. The van der Waals surface area contributed by atoms with Gasteiger partial charge in [-0.3, -0.25) is 0 Å². The summed E-state index contributed by atoms with van der Waals surface area (Å²) in [6.45, 7) is 1.82. The molecule has 1 aromatic heterocycles. The number of halogens is 1. The molecule has 1 atom stereocenters. The molecule has 6 nitrogen and oxygen atoms in total. The van der Waals surface area contributed by atoms with Gasteiger partial charge in [-0.05, 0) is 28.3 Å². The second-order valence-corrected chi connectivity index (χ2v) is 6.59. The highest BCUT2D eigenvalue weighted by molar-refractivity contribution is 9.10. The normalized spacial score (nSPS) is 20.4. The van der Waals surface area contributed by atoms with E-state index < -0.39 is 10.0 Å². The zero-order valence-electron chi connectivity index (χ0n) is 9.69. The number of rotatable bonds is 5. The zero-order valence-corrected chi connectivity index (χ0v) is 12.1. The fourth-order valence-electron chi connectivity index (χ4n) is 1.73. The van der Waals surface area contributed by atoms with Crippen molar-refractivity contribution in [3.8, 4) is 0 Å². The Hall–Kier alpha value is -0.410. The third-order valence-electron chi connectivity index (χ3n) is 2.78. The molecular weight excluding hydrogens is 324 g/mol. The van der Waals surface area contributed by atoms with Gasteiger partial charge >= 0.3 is 0 Å². The maximum Gasteiger partial charge on any atom is 0.244 e. The van der Waals surface area contributed by atoms with Crippen LogP contribution in [0.4, 0.5) is 0 Å². The van der Waals surface area contributed by atoms with Gasteiger partial charge in [0.2, 0.25) is 10.0 Å². The highest BCUT2D eigenvalue weighted by Crippen LogP contribution is 2.26. The fraction of sp³-hybridized carbons (Fsp3) is 0.600. The Labute approximate surface area is 114 Å². The second kappa shape index (κ2) is 5.70. The molecule has 2 heterocycles. The topological polar surface area (TPSA) is 94.6 Å². The summed E-state index contributed by atoms with van der Waals surface area (Å²) in [5.74, 6) is 0.658. The van der Waals surface area contributed by atoms with E-state index in [0.717, 1.165) is 6.42 Å². The number of nitrogens with two attached hydrogens (primary N) is 1. The average Bonchev–Trinajstić information content (AvgIpc) is 2.95. The summed E-state index contributed by atoms with van der Waals surface area (Å²) in [7, 11) is -3.57. The molecule has 2 rings (SSSR count). The van der Waals surface area contributed by atoms with Gasteiger partial charge in [0, 0.05) is 19.2 Å². The molecule has 0 bridgehead atoms. The molecule has 1 unspecified atom stereocenters. The molecule has 1 fully saturated rings. The molecule has 18 heavy (non-hydrogen) atoms. The summed E-state index contributed by atoms with van der Waals surface area (Å²) in [5, 5.41) is 0. The van der Waals surface area contributed by atoms with Crippen LogP contribution in [0.3, 0.4) is 0 Å². The minimum absolute atomic E-state index is 0.0851. The maximum absolute atomic E-state index is 12.1. The number of sulfonamides is 1. The van der Waals surface area contributed by atoms with Crippen LogP contribution in [0.2, 0.25) is 0 Å². The molecule has 0 aliphatic carbocycles. The van der Waals surface area contributed by atoms with Crippen LogP contribution in [-0.2, 0) is 21.3 Å². The van der Waals surface area contributed by atoms with Crippen LogP contribution < -0.4 is 10.5 Å². The van der Waals surface area contributed by atoms with Crippen LogP contribution >= 0.6 is 15.9 Å². The van der Waals surface area contributed by atoms with Crippen molar-refractivity contribution < 1.29 is 17.6 Å². The van der Waals surface area contributed by atoms with Crippen molar-refractivity contribution in [3.05, 3.63) is 16.5 Å².